The van der Waals surface area contributed by atoms with Crippen LogP contribution >= 0.6 is 0 Å². The Kier molecular flexibility index (Phi) is 15.0. The van der Waals surface area contributed by atoms with Crippen LogP contribution in [-0.2, 0) is 49.8 Å². The third-order valence-electron chi connectivity index (χ3n) is 10.2. The molecule has 13 N–H and O–H groups in total. The van der Waals surface area contributed by atoms with Gasteiger partial charge in [0.15, 0.2) is 9.84 Å². The van der Waals surface area contributed by atoms with Crippen LogP contribution in [0.4, 0.5) is 0 Å². The summed E-state index contributed by atoms with van der Waals surface area (Å²) in [6.45, 7) is 1.84. The van der Waals surface area contributed by atoms with Crippen LogP contribution < -0.4 is 31.9 Å². The van der Waals surface area contributed by atoms with Crippen LogP contribution in [0.15, 0.2) is 29.3 Å². The Bertz CT molecular complexity index is 2090. The normalized spacial score (nSPS) is 29.8. The molecule has 2 aliphatic rings. The molecule has 3 heterocycles. The van der Waals surface area contributed by atoms with E-state index in [1.807, 2.05) is 0 Å². The van der Waals surface area contributed by atoms with E-state index in [4.69, 9.17) is 0 Å². The molecule has 23 nitrogen and oxygen atoms in total. The second kappa shape index (κ2) is 19.0. The van der Waals surface area contributed by atoms with E-state index < -0.39 is 150 Å². The Balaban J connectivity index is 1.83. The van der Waals surface area contributed by atoms with Crippen LogP contribution in [0.2, 0.25) is 0 Å². The molecule has 60 heavy (non-hydrogen) atoms. The number of aliphatic hydroxyl groups excluding tert-OH is 5. The van der Waals surface area contributed by atoms with Gasteiger partial charge in [0, 0.05) is 30.0 Å². The second-order valence-corrected chi connectivity index (χ2v) is 17.3. The van der Waals surface area contributed by atoms with Crippen molar-refractivity contribution in [1.29, 1.82) is 0 Å². The highest BCUT2D eigenvalue weighted by atomic mass is 32.2. The van der Waals surface area contributed by atoms with Gasteiger partial charge < -0.3 is 72.4 Å². The first-order valence-corrected chi connectivity index (χ1v) is 20.7. The molecule has 1 aromatic heterocycles. The molecule has 24 heteroatoms. The lowest BCUT2D eigenvalue weighted by molar-refractivity contribution is -0.145. The number of nitrogens with one attached hydrogen (secondary N) is 7. The zero-order chi connectivity index (χ0) is 45.0. The van der Waals surface area contributed by atoms with Gasteiger partial charge in [-0.25, -0.2) is 8.42 Å². The Morgan fingerprint density at radius 3 is 1.93 bits per heavy atom. The first kappa shape index (κ1) is 47.4. The minimum absolute atomic E-state index is 0.0379. The number of aliphatic hydroxyl groups is 6. The van der Waals surface area contributed by atoms with Crippen LogP contribution in [0.5, 0.6) is 0 Å². The summed E-state index contributed by atoms with van der Waals surface area (Å²) in [6.07, 6.45) is -5.66. The van der Waals surface area contributed by atoms with Crippen LogP contribution in [0.3, 0.4) is 0 Å². The number of amides is 7. The van der Waals surface area contributed by atoms with Gasteiger partial charge in [0.2, 0.25) is 41.4 Å². The van der Waals surface area contributed by atoms with Gasteiger partial charge in [0.05, 0.1) is 37.6 Å². The second-order valence-electron chi connectivity index (χ2n) is 15.4. The number of para-hydroxylation sites is 1. The number of carbonyl (C=O) groups excluding carboxylic acids is 7. The van der Waals surface area contributed by atoms with Crippen molar-refractivity contribution in [3.63, 3.8) is 0 Å². The van der Waals surface area contributed by atoms with E-state index >= 15 is 0 Å². The maximum atomic E-state index is 14.2. The molecule has 0 aliphatic carbocycles. The molecule has 0 radical (unpaired) electrons. The smallest absolute Gasteiger partial charge is 0.248 e. The number of carbonyl (C=O) groups is 7. The molecule has 1 aromatic carbocycles. The number of aromatic nitrogens is 1. The third kappa shape index (κ3) is 10.9. The molecule has 332 valence electrons. The molecule has 2 saturated heterocycles. The molecule has 2 fully saturated rings. The monoisotopic (exact) mass is 868 g/mol. The molecular weight excluding hydrogens is 817 g/mol. The maximum absolute atomic E-state index is 14.2. The molecule has 2 aromatic rings. The van der Waals surface area contributed by atoms with Crippen LogP contribution in [-0.4, -0.2) is 183 Å². The summed E-state index contributed by atoms with van der Waals surface area (Å²) in [5.74, 6) is -8.04. The highest BCUT2D eigenvalue weighted by molar-refractivity contribution is 7.90. The quantitative estimate of drug-likeness (QED) is 0.117. The van der Waals surface area contributed by atoms with E-state index in [-0.39, 0.29) is 10.6 Å². The average Bonchev–Trinajstić information content (AvgIpc) is 3.70. The summed E-state index contributed by atoms with van der Waals surface area (Å²) in [4.78, 5) is 99.2. The van der Waals surface area contributed by atoms with Crippen molar-refractivity contribution in [2.24, 2.45) is 0 Å². The number of rotatable bonds is 8. The fourth-order valence-corrected chi connectivity index (χ4v) is 7.74. The van der Waals surface area contributed by atoms with Gasteiger partial charge in [-0.05, 0) is 39.3 Å². The number of fused-ring (bicyclic) bond motifs is 2. The topological polar surface area (TPSA) is 366 Å². The molecule has 2 aliphatic heterocycles. The van der Waals surface area contributed by atoms with E-state index in [0.29, 0.717) is 15.8 Å². The lowest BCUT2D eigenvalue weighted by atomic mass is 9.96. The van der Waals surface area contributed by atoms with Crippen LogP contribution in [0.1, 0.15) is 39.7 Å². The zero-order valence-corrected chi connectivity index (χ0v) is 34.1. The molecular formula is C36H52N8O15S. The van der Waals surface area contributed by atoms with E-state index in [1.165, 1.54) is 0 Å². The van der Waals surface area contributed by atoms with Crippen molar-refractivity contribution < 1.29 is 72.6 Å². The van der Waals surface area contributed by atoms with Gasteiger partial charge in [-0.3, -0.25) is 33.6 Å². The van der Waals surface area contributed by atoms with Gasteiger partial charge >= 0.3 is 0 Å². The van der Waals surface area contributed by atoms with Gasteiger partial charge in [-0.15, -0.1) is 0 Å². The first-order valence-electron chi connectivity index (χ1n) is 18.8. The highest BCUT2D eigenvalue weighted by Gasteiger charge is 2.49. The molecule has 0 unspecified atom stereocenters. The number of H-pyrrole nitrogens is 1. The lowest BCUT2D eigenvalue weighted by Gasteiger charge is -2.30. The number of benzene rings is 1. The molecule has 11 atom stereocenters. The summed E-state index contributed by atoms with van der Waals surface area (Å²) < 4.78 is 25.9. The van der Waals surface area contributed by atoms with Crippen molar-refractivity contribution in [3.8, 4) is 0 Å². The summed E-state index contributed by atoms with van der Waals surface area (Å²) in [5.41, 5.74) is -1.65. The van der Waals surface area contributed by atoms with Crippen LogP contribution in [0, 0.1) is 0 Å². The molecule has 4 rings (SSSR count). The van der Waals surface area contributed by atoms with Crippen molar-refractivity contribution >= 4 is 62.1 Å². The fraction of sp³-hybridized carbons (Fsp3) is 0.583. The van der Waals surface area contributed by atoms with Crippen molar-refractivity contribution in [2.45, 2.75) is 112 Å². The van der Waals surface area contributed by atoms with Gasteiger partial charge in [-0.1, -0.05) is 18.2 Å². The van der Waals surface area contributed by atoms with E-state index in [2.05, 4.69) is 36.9 Å². The Hall–Kier alpha value is -5.24. The Morgan fingerprint density at radius 1 is 0.800 bits per heavy atom. The molecule has 0 spiro atoms. The van der Waals surface area contributed by atoms with Gasteiger partial charge in [0.1, 0.15) is 53.4 Å². The molecule has 7 amide bonds. The summed E-state index contributed by atoms with van der Waals surface area (Å²) >= 11 is 0. The minimum Gasteiger partial charge on any atom is -0.394 e. The zero-order valence-electron chi connectivity index (χ0n) is 33.3. The lowest BCUT2D eigenvalue weighted by Crippen LogP contribution is -2.62. The maximum Gasteiger partial charge on any atom is 0.248 e. The standard InChI is InChI=1S/C36H52N8O15S/c1-15-28(50)39-21(10-19-18-8-6-7-9-20(18)42-34(19)60(5,58)59)30(52)40-22(11-36(4,57)14-46)31(53)37-16(2)29(51)43-25(17(3)47)32(54)41-23(13-45)35(56)44-12-24(48)27(49)26(44)33(55)38-15/h6-9,15-17,21-27,42,45-49,57H,10-14H2,1-5H3,(H,37,53)(H,38,55)(H,39,50)(H,40,52)(H,41,54)(H,43,51)/t15-,16-,17-,21-,22-,23+,24+,25+,26-,27-,36+/m0/s1. The number of sulfone groups is 1. The molecule has 0 saturated carbocycles. The van der Waals surface area contributed by atoms with E-state index in [9.17, 15) is 72.6 Å². The average molecular weight is 869 g/mol. The van der Waals surface area contributed by atoms with E-state index in [1.54, 1.807) is 24.3 Å². The Labute approximate surface area is 343 Å². The van der Waals surface area contributed by atoms with Crippen LogP contribution in [0.25, 0.3) is 10.9 Å². The highest BCUT2D eigenvalue weighted by Crippen LogP contribution is 2.28. The first-order chi connectivity index (χ1) is 27.9. The summed E-state index contributed by atoms with van der Waals surface area (Å²) in [7, 11) is -4.02. The fourth-order valence-electron chi connectivity index (χ4n) is 6.81. The molecule has 0 bridgehead atoms. The number of nitrogens with zero attached hydrogens (tertiary/aromatic N) is 1. The SMILES string of the molecule is C[C@@H]1NC(=O)[C@H](C[C@@](C)(O)CO)NC(=O)[C@H](Cc2c(S(C)(=O)=O)[nH]c3ccccc23)NC(=O)[C@H](C)NC(=O)[C@@H]2[C@@H](O)[C@H](O)CN2C(=O)[C@@H](CO)NC(=O)[C@@H]([C@H](C)O)NC1=O. The Morgan fingerprint density at radius 2 is 1.35 bits per heavy atom. The number of hydrogen-bond acceptors (Lipinski definition) is 15. The number of hydrogen-bond donors (Lipinski definition) is 13. The van der Waals surface area contributed by atoms with Crippen molar-refractivity contribution in [3.05, 3.63) is 29.8 Å². The number of aromatic amines is 1. The summed E-state index contributed by atoms with van der Waals surface area (Å²) in [5, 5.41) is 76.2. The largest absolute Gasteiger partial charge is 0.394 e. The minimum atomic E-state index is -4.02. The van der Waals surface area contributed by atoms with Gasteiger partial charge in [0.25, 0.3) is 0 Å². The van der Waals surface area contributed by atoms with Crippen molar-refractivity contribution in [2.75, 3.05) is 26.0 Å². The third-order valence-corrected chi connectivity index (χ3v) is 11.2. The predicted octanol–water partition coefficient (Wildman–Crippen LogP) is -6.48. The van der Waals surface area contributed by atoms with Gasteiger partial charge in [-0.2, -0.15) is 0 Å². The predicted molar refractivity (Wildman–Crippen MR) is 207 cm³/mol. The van der Waals surface area contributed by atoms with E-state index in [0.717, 1.165) is 34.0 Å². The summed E-state index contributed by atoms with van der Waals surface area (Å²) in [6, 6.07) is -5.94. The van der Waals surface area contributed by atoms with Crippen molar-refractivity contribution in [1.82, 2.24) is 41.8 Å².